The predicted octanol–water partition coefficient (Wildman–Crippen LogP) is 0.851. The van der Waals surface area contributed by atoms with Crippen LogP contribution in [0.15, 0.2) is 18.2 Å². The van der Waals surface area contributed by atoms with Crippen molar-refractivity contribution in [3.63, 3.8) is 0 Å². The van der Waals surface area contributed by atoms with Crippen LogP contribution in [0.25, 0.3) is 0 Å². The number of ether oxygens (including phenoxy) is 2. The molecular weight excluding hydrogens is 230 g/mol. The Kier molecular flexibility index (Phi) is 4.40. The van der Waals surface area contributed by atoms with Crippen molar-refractivity contribution in [1.82, 2.24) is 4.90 Å². The summed E-state index contributed by atoms with van der Waals surface area (Å²) < 4.78 is 10.9. The van der Waals surface area contributed by atoms with Crippen LogP contribution in [0, 0.1) is 11.3 Å². The van der Waals surface area contributed by atoms with E-state index in [9.17, 15) is 0 Å². The molecule has 0 saturated carbocycles. The van der Waals surface area contributed by atoms with Gasteiger partial charge in [-0.25, -0.2) is 0 Å². The van der Waals surface area contributed by atoms with Gasteiger partial charge in [0.2, 0.25) is 0 Å². The highest BCUT2D eigenvalue weighted by Gasteiger charge is 2.10. The first-order chi connectivity index (χ1) is 8.79. The molecular formula is C13H17N3O2. The summed E-state index contributed by atoms with van der Waals surface area (Å²) >= 11 is 0. The van der Waals surface area contributed by atoms with E-state index in [1.165, 1.54) is 0 Å². The van der Waals surface area contributed by atoms with Crippen LogP contribution in [0.1, 0.15) is 5.56 Å². The molecule has 0 radical (unpaired) electrons. The summed E-state index contributed by atoms with van der Waals surface area (Å²) in [6.45, 7) is 4.86. The van der Waals surface area contributed by atoms with Crippen LogP contribution < -0.4 is 10.5 Å². The number of rotatable bonds is 4. The van der Waals surface area contributed by atoms with Gasteiger partial charge < -0.3 is 15.2 Å². The first kappa shape index (κ1) is 12.7. The second kappa shape index (κ2) is 6.24. The van der Waals surface area contributed by atoms with Crippen molar-refractivity contribution in [3.8, 4) is 11.8 Å². The number of nitriles is 1. The van der Waals surface area contributed by atoms with Gasteiger partial charge >= 0.3 is 0 Å². The molecule has 0 unspecified atom stereocenters. The fourth-order valence-corrected chi connectivity index (χ4v) is 1.87. The lowest BCUT2D eigenvalue weighted by Crippen LogP contribution is -2.38. The van der Waals surface area contributed by atoms with Crippen LogP contribution in [-0.4, -0.2) is 44.4 Å². The van der Waals surface area contributed by atoms with Crippen LogP contribution in [-0.2, 0) is 4.74 Å². The lowest BCUT2D eigenvalue weighted by Gasteiger charge is -2.26. The van der Waals surface area contributed by atoms with Gasteiger partial charge in [0.15, 0.2) is 0 Å². The highest BCUT2D eigenvalue weighted by molar-refractivity contribution is 5.53. The Morgan fingerprint density at radius 2 is 2.17 bits per heavy atom. The molecule has 96 valence electrons. The zero-order chi connectivity index (χ0) is 12.8. The molecule has 0 aromatic heterocycles. The average Bonchev–Trinajstić information content (AvgIpc) is 2.41. The Balaban J connectivity index is 1.84. The molecule has 1 aliphatic heterocycles. The van der Waals surface area contributed by atoms with Crippen LogP contribution >= 0.6 is 0 Å². The number of anilines is 1. The molecule has 2 N–H and O–H groups in total. The normalized spacial score (nSPS) is 16.2. The molecule has 5 heteroatoms. The van der Waals surface area contributed by atoms with Crippen LogP contribution in [0.4, 0.5) is 5.69 Å². The van der Waals surface area contributed by atoms with Gasteiger partial charge in [0.1, 0.15) is 18.4 Å². The molecule has 1 heterocycles. The minimum atomic E-state index is 0.483. The van der Waals surface area contributed by atoms with Crippen molar-refractivity contribution in [2.24, 2.45) is 0 Å². The molecule has 1 fully saturated rings. The summed E-state index contributed by atoms with van der Waals surface area (Å²) in [5.41, 5.74) is 6.68. The molecule has 0 aliphatic carbocycles. The van der Waals surface area contributed by atoms with Crippen molar-refractivity contribution in [3.05, 3.63) is 23.8 Å². The maximum absolute atomic E-state index is 8.98. The van der Waals surface area contributed by atoms with Gasteiger partial charge in [0.25, 0.3) is 0 Å². The van der Waals surface area contributed by atoms with E-state index in [1.54, 1.807) is 18.2 Å². The van der Waals surface area contributed by atoms with E-state index in [2.05, 4.69) is 11.0 Å². The lowest BCUT2D eigenvalue weighted by molar-refractivity contribution is 0.0322. The number of morpholine rings is 1. The summed E-state index contributed by atoms with van der Waals surface area (Å²) in [6, 6.07) is 7.20. The summed E-state index contributed by atoms with van der Waals surface area (Å²) in [4.78, 5) is 2.28. The highest BCUT2D eigenvalue weighted by atomic mass is 16.5. The maximum atomic E-state index is 8.98. The van der Waals surface area contributed by atoms with Crippen LogP contribution in [0.5, 0.6) is 5.75 Å². The predicted molar refractivity (Wildman–Crippen MR) is 68.3 cm³/mol. The molecule has 0 spiro atoms. The molecule has 1 aromatic carbocycles. The number of nitrogens with zero attached hydrogens (tertiary/aromatic N) is 2. The number of hydrogen-bond acceptors (Lipinski definition) is 5. The summed E-state index contributed by atoms with van der Waals surface area (Å²) in [5.74, 6) is 0.597. The molecule has 0 amide bonds. The topological polar surface area (TPSA) is 71.5 Å². The Labute approximate surface area is 107 Å². The van der Waals surface area contributed by atoms with Gasteiger partial charge in [-0.3, -0.25) is 4.90 Å². The molecule has 0 bridgehead atoms. The van der Waals surface area contributed by atoms with E-state index >= 15 is 0 Å². The van der Waals surface area contributed by atoms with Crippen LogP contribution in [0.3, 0.4) is 0 Å². The van der Waals surface area contributed by atoms with Gasteiger partial charge in [-0.05, 0) is 18.2 Å². The average molecular weight is 247 g/mol. The lowest BCUT2D eigenvalue weighted by atomic mass is 10.2. The van der Waals surface area contributed by atoms with Crippen molar-refractivity contribution >= 4 is 5.69 Å². The molecule has 2 rings (SSSR count). The van der Waals surface area contributed by atoms with Gasteiger partial charge in [-0.15, -0.1) is 0 Å². The minimum absolute atomic E-state index is 0.483. The molecule has 18 heavy (non-hydrogen) atoms. The first-order valence-corrected chi connectivity index (χ1v) is 6.02. The Morgan fingerprint density at radius 3 is 2.89 bits per heavy atom. The summed E-state index contributed by atoms with van der Waals surface area (Å²) in [5, 5.41) is 8.98. The zero-order valence-corrected chi connectivity index (χ0v) is 10.3. The van der Waals surface area contributed by atoms with Gasteiger partial charge in [0.05, 0.1) is 18.8 Å². The number of benzene rings is 1. The fraction of sp³-hybridized carbons (Fsp3) is 0.462. The Hall–Kier alpha value is -1.77. The van der Waals surface area contributed by atoms with Gasteiger partial charge in [0, 0.05) is 25.3 Å². The van der Waals surface area contributed by atoms with E-state index in [4.69, 9.17) is 20.5 Å². The number of nitrogens with two attached hydrogens (primary N) is 1. The smallest absolute Gasteiger partial charge is 0.137 e. The number of hydrogen-bond donors (Lipinski definition) is 1. The van der Waals surface area contributed by atoms with Crippen molar-refractivity contribution < 1.29 is 9.47 Å². The fourth-order valence-electron chi connectivity index (χ4n) is 1.87. The second-order valence-electron chi connectivity index (χ2n) is 4.17. The Bertz CT molecular complexity index is 436. The van der Waals surface area contributed by atoms with E-state index in [0.717, 1.165) is 32.8 Å². The van der Waals surface area contributed by atoms with Crippen LogP contribution in [0.2, 0.25) is 0 Å². The number of nitrogen functional groups attached to an aromatic ring is 1. The Morgan fingerprint density at radius 1 is 1.39 bits per heavy atom. The molecule has 1 aromatic rings. The molecule has 1 aliphatic rings. The minimum Gasteiger partial charge on any atom is -0.491 e. The molecule has 0 atom stereocenters. The van der Waals surface area contributed by atoms with Crippen molar-refractivity contribution in [2.45, 2.75) is 0 Å². The highest BCUT2D eigenvalue weighted by Crippen LogP contribution is 2.20. The molecule has 1 saturated heterocycles. The standard InChI is InChI=1S/C13H17N3O2/c14-10-11-9-12(15)1-2-13(11)18-8-5-16-3-6-17-7-4-16/h1-2,9H,3-8,15H2. The second-order valence-corrected chi connectivity index (χ2v) is 4.17. The third-order valence-corrected chi connectivity index (χ3v) is 2.89. The monoisotopic (exact) mass is 247 g/mol. The quantitative estimate of drug-likeness (QED) is 0.799. The third-order valence-electron chi connectivity index (χ3n) is 2.89. The van der Waals surface area contributed by atoms with E-state index in [-0.39, 0.29) is 0 Å². The van der Waals surface area contributed by atoms with Crippen molar-refractivity contribution in [2.75, 3.05) is 45.2 Å². The zero-order valence-electron chi connectivity index (χ0n) is 10.3. The summed E-state index contributed by atoms with van der Waals surface area (Å²) in [7, 11) is 0. The SMILES string of the molecule is N#Cc1cc(N)ccc1OCCN1CCOCC1. The first-order valence-electron chi connectivity index (χ1n) is 6.02. The van der Waals surface area contributed by atoms with E-state index < -0.39 is 0 Å². The van der Waals surface area contributed by atoms with Crippen molar-refractivity contribution in [1.29, 1.82) is 5.26 Å². The maximum Gasteiger partial charge on any atom is 0.137 e. The largest absolute Gasteiger partial charge is 0.491 e. The van der Waals surface area contributed by atoms with Gasteiger partial charge in [-0.1, -0.05) is 0 Å². The summed E-state index contributed by atoms with van der Waals surface area (Å²) in [6.07, 6.45) is 0. The van der Waals surface area contributed by atoms with E-state index in [1.807, 2.05) is 0 Å². The van der Waals surface area contributed by atoms with Gasteiger partial charge in [-0.2, -0.15) is 5.26 Å². The van der Waals surface area contributed by atoms with E-state index in [0.29, 0.717) is 23.6 Å². The molecule has 5 nitrogen and oxygen atoms in total. The third kappa shape index (κ3) is 3.36.